The van der Waals surface area contributed by atoms with Crippen LogP contribution in [0.3, 0.4) is 0 Å². The molecule has 5 amide bonds. The first-order valence-electron chi connectivity index (χ1n) is 11.4. The van der Waals surface area contributed by atoms with Crippen molar-refractivity contribution in [3.63, 3.8) is 0 Å². The highest BCUT2D eigenvalue weighted by molar-refractivity contribution is 6.02. The molecule has 0 radical (unpaired) electrons. The molecule has 14 nitrogen and oxygen atoms in total. The number of carboxylic acids is 1. The fourth-order valence-corrected chi connectivity index (χ4v) is 3.54. The minimum Gasteiger partial charge on any atom is -0.481 e. The molecule has 0 spiro atoms. The number of carbonyl (C=O) groups excluding carboxylic acids is 5. The van der Waals surface area contributed by atoms with Crippen LogP contribution in [0.2, 0.25) is 0 Å². The molecular formula is C21H35N7O7. The van der Waals surface area contributed by atoms with Gasteiger partial charge in [0.2, 0.25) is 29.5 Å². The number of carbonyl (C=O) groups is 6. The van der Waals surface area contributed by atoms with Crippen molar-refractivity contribution in [1.82, 2.24) is 26.2 Å². The highest BCUT2D eigenvalue weighted by atomic mass is 16.4. The topological polar surface area (TPSA) is 224 Å². The second-order valence-electron chi connectivity index (χ2n) is 8.59. The van der Waals surface area contributed by atoms with E-state index in [1.165, 1.54) is 11.8 Å². The Morgan fingerprint density at radius 3 is 2.29 bits per heavy atom. The number of nitrogens with zero attached hydrogens (tertiary/aromatic N) is 1. The highest BCUT2D eigenvalue weighted by Gasteiger charge is 2.39. The standard InChI is InChI=1S/C21H35N7O7/c1-11(2)17(32)27-18(33)14(10-16(30)31)26-19(34)15-7-5-9-28(15)20(35)13(25-12(3)29)6-4-8-24-21(22)23/h11,13-15H,4-10H2,1-3H3,(H,25,29)(H,26,34)(H,30,31)(H4,22,23,24)(H,27,32,33)/t13-,14-,15-/m0/s1. The summed E-state index contributed by atoms with van der Waals surface area (Å²) in [5.74, 6) is -5.33. The lowest BCUT2D eigenvalue weighted by molar-refractivity contribution is -0.144. The van der Waals surface area contributed by atoms with Gasteiger partial charge in [-0.05, 0) is 25.7 Å². The smallest absolute Gasteiger partial charge is 0.305 e. The molecule has 1 aliphatic heterocycles. The Labute approximate surface area is 203 Å². The van der Waals surface area contributed by atoms with Crippen LogP contribution < -0.4 is 27.0 Å². The Morgan fingerprint density at radius 1 is 1.09 bits per heavy atom. The second-order valence-corrected chi connectivity index (χ2v) is 8.59. The predicted octanol–water partition coefficient (Wildman–Crippen LogP) is -2.00. The second kappa shape index (κ2) is 13.9. The summed E-state index contributed by atoms with van der Waals surface area (Å²) >= 11 is 0. The van der Waals surface area contributed by atoms with Crippen molar-refractivity contribution >= 4 is 41.5 Å². The molecule has 0 saturated carbocycles. The van der Waals surface area contributed by atoms with Crippen molar-refractivity contribution in [2.24, 2.45) is 11.7 Å². The van der Waals surface area contributed by atoms with Crippen LogP contribution in [0.25, 0.3) is 0 Å². The molecule has 1 saturated heterocycles. The van der Waals surface area contributed by atoms with Gasteiger partial charge in [0.15, 0.2) is 5.96 Å². The first-order valence-corrected chi connectivity index (χ1v) is 11.4. The van der Waals surface area contributed by atoms with Gasteiger partial charge in [0.25, 0.3) is 0 Å². The maximum atomic E-state index is 13.2. The monoisotopic (exact) mass is 497 g/mol. The van der Waals surface area contributed by atoms with E-state index in [4.69, 9.17) is 16.2 Å². The number of likely N-dealkylation sites (tertiary alicyclic amines) is 1. The van der Waals surface area contributed by atoms with Crippen molar-refractivity contribution in [2.45, 2.75) is 71.0 Å². The van der Waals surface area contributed by atoms with Gasteiger partial charge in [0.05, 0.1) is 6.42 Å². The minimum absolute atomic E-state index is 0.223. The zero-order valence-electron chi connectivity index (χ0n) is 20.2. The van der Waals surface area contributed by atoms with E-state index >= 15 is 0 Å². The van der Waals surface area contributed by atoms with Crippen molar-refractivity contribution in [3.8, 4) is 0 Å². The molecule has 0 aromatic heterocycles. The first kappa shape index (κ1) is 29.3. The average Bonchev–Trinajstić information content (AvgIpc) is 3.24. The maximum absolute atomic E-state index is 13.2. The zero-order chi connectivity index (χ0) is 26.7. The van der Waals surface area contributed by atoms with Gasteiger partial charge in [-0.2, -0.15) is 0 Å². The minimum atomic E-state index is -1.51. The molecule has 14 heteroatoms. The van der Waals surface area contributed by atoms with Crippen molar-refractivity contribution in [3.05, 3.63) is 0 Å². The molecule has 196 valence electrons. The van der Waals surface area contributed by atoms with E-state index in [0.29, 0.717) is 19.4 Å². The molecule has 0 aromatic rings. The quantitative estimate of drug-likeness (QED) is 0.0898. The lowest BCUT2D eigenvalue weighted by atomic mass is 10.1. The third-order valence-corrected chi connectivity index (χ3v) is 5.28. The number of guanidine groups is 1. The molecule has 3 atom stereocenters. The molecule has 1 fully saturated rings. The van der Waals surface area contributed by atoms with E-state index in [9.17, 15) is 28.8 Å². The van der Waals surface area contributed by atoms with Crippen LogP contribution in [0.5, 0.6) is 0 Å². The van der Waals surface area contributed by atoms with Crippen molar-refractivity contribution in [2.75, 3.05) is 13.1 Å². The summed E-state index contributed by atoms with van der Waals surface area (Å²) in [6.07, 6.45) is 0.657. The summed E-state index contributed by atoms with van der Waals surface area (Å²) in [4.78, 5) is 74.5. The Kier molecular flexibility index (Phi) is 11.6. The largest absolute Gasteiger partial charge is 0.481 e. The number of nitrogens with one attached hydrogen (secondary N) is 5. The number of imide groups is 1. The molecule has 35 heavy (non-hydrogen) atoms. The fourth-order valence-electron chi connectivity index (χ4n) is 3.54. The first-order chi connectivity index (χ1) is 16.3. The number of nitrogens with two attached hydrogens (primary N) is 1. The van der Waals surface area contributed by atoms with E-state index in [1.807, 2.05) is 0 Å². The fraction of sp³-hybridized carbons (Fsp3) is 0.667. The van der Waals surface area contributed by atoms with Crippen LogP contribution in [0.4, 0.5) is 0 Å². The normalized spacial score (nSPS) is 16.7. The van der Waals surface area contributed by atoms with E-state index in [1.54, 1.807) is 13.8 Å². The molecule has 1 heterocycles. The van der Waals surface area contributed by atoms with Gasteiger partial charge in [-0.3, -0.25) is 39.5 Å². The number of hydrogen-bond donors (Lipinski definition) is 7. The molecule has 0 aromatic carbocycles. The summed E-state index contributed by atoms with van der Waals surface area (Å²) < 4.78 is 0. The zero-order valence-corrected chi connectivity index (χ0v) is 20.2. The molecule has 1 rings (SSSR count). The van der Waals surface area contributed by atoms with Gasteiger partial charge >= 0.3 is 5.97 Å². The number of amides is 5. The number of carboxylic acid groups (broad SMARTS) is 1. The average molecular weight is 498 g/mol. The van der Waals surface area contributed by atoms with Gasteiger partial charge in [0.1, 0.15) is 18.1 Å². The third-order valence-electron chi connectivity index (χ3n) is 5.28. The van der Waals surface area contributed by atoms with Crippen LogP contribution in [0.15, 0.2) is 0 Å². The van der Waals surface area contributed by atoms with Crippen LogP contribution in [-0.2, 0) is 28.8 Å². The Bertz CT molecular complexity index is 846. The van der Waals surface area contributed by atoms with Gasteiger partial charge in [-0.1, -0.05) is 13.8 Å². The Balaban J connectivity index is 2.93. The molecule has 1 aliphatic rings. The summed E-state index contributed by atoms with van der Waals surface area (Å²) in [6.45, 7) is 4.91. The molecule has 0 bridgehead atoms. The SMILES string of the molecule is CC(=O)N[C@@H](CCCNC(=N)N)C(=O)N1CCC[C@H]1C(=O)N[C@@H](CC(=O)O)C(=O)NC(=O)C(C)C. The van der Waals surface area contributed by atoms with Gasteiger partial charge in [-0.25, -0.2) is 0 Å². The molecule has 0 unspecified atom stereocenters. The van der Waals surface area contributed by atoms with E-state index < -0.39 is 66.0 Å². The van der Waals surface area contributed by atoms with Crippen molar-refractivity contribution in [1.29, 1.82) is 5.41 Å². The van der Waals surface area contributed by atoms with Gasteiger partial charge in [0, 0.05) is 25.9 Å². The number of rotatable bonds is 12. The number of aliphatic carboxylic acids is 1. The predicted molar refractivity (Wildman–Crippen MR) is 124 cm³/mol. The number of hydrogen-bond acceptors (Lipinski definition) is 7. The van der Waals surface area contributed by atoms with Gasteiger partial charge < -0.3 is 31.7 Å². The summed E-state index contributed by atoms with van der Waals surface area (Å²) in [6, 6.07) is -3.40. The lowest BCUT2D eigenvalue weighted by Crippen LogP contribution is -2.57. The van der Waals surface area contributed by atoms with Crippen LogP contribution in [-0.4, -0.2) is 82.7 Å². The summed E-state index contributed by atoms with van der Waals surface area (Å²) in [5, 5.41) is 25.9. The highest BCUT2D eigenvalue weighted by Crippen LogP contribution is 2.20. The van der Waals surface area contributed by atoms with Crippen LogP contribution >= 0.6 is 0 Å². The van der Waals surface area contributed by atoms with E-state index in [-0.39, 0.29) is 25.3 Å². The van der Waals surface area contributed by atoms with E-state index in [2.05, 4.69) is 21.3 Å². The van der Waals surface area contributed by atoms with Crippen LogP contribution in [0, 0.1) is 11.3 Å². The van der Waals surface area contributed by atoms with Gasteiger partial charge in [-0.15, -0.1) is 0 Å². The third kappa shape index (κ3) is 9.98. The van der Waals surface area contributed by atoms with E-state index in [0.717, 1.165) is 0 Å². The molecule has 0 aliphatic carbocycles. The Hall–Kier alpha value is -3.71. The molecular weight excluding hydrogens is 462 g/mol. The summed E-state index contributed by atoms with van der Waals surface area (Å²) in [5.41, 5.74) is 5.23. The summed E-state index contributed by atoms with van der Waals surface area (Å²) in [7, 11) is 0. The van der Waals surface area contributed by atoms with Crippen LogP contribution in [0.1, 0.15) is 52.9 Å². The Morgan fingerprint density at radius 2 is 1.74 bits per heavy atom. The lowest BCUT2D eigenvalue weighted by Gasteiger charge is -2.29. The maximum Gasteiger partial charge on any atom is 0.305 e. The molecule has 8 N–H and O–H groups in total. The van der Waals surface area contributed by atoms with Crippen molar-refractivity contribution < 1.29 is 33.9 Å².